The number of aromatic nitrogens is 1. The van der Waals surface area contributed by atoms with Crippen molar-refractivity contribution in [1.29, 1.82) is 0 Å². The van der Waals surface area contributed by atoms with Gasteiger partial charge in [0.2, 0.25) is 0 Å². The molecule has 0 aliphatic rings. The van der Waals surface area contributed by atoms with Crippen LogP contribution in [0.15, 0.2) is 23.0 Å². The molecule has 0 aliphatic heterocycles. The van der Waals surface area contributed by atoms with Gasteiger partial charge in [-0.2, -0.15) is 0 Å². The summed E-state index contributed by atoms with van der Waals surface area (Å²) in [7, 11) is 2.90. The van der Waals surface area contributed by atoms with E-state index in [9.17, 15) is 9.59 Å². The highest BCUT2D eigenvalue weighted by Gasteiger charge is 2.21. The smallest absolute Gasteiger partial charge is 0.340 e. The van der Waals surface area contributed by atoms with E-state index in [1.807, 2.05) is 0 Å². The van der Waals surface area contributed by atoms with Crippen LogP contribution < -0.4 is 15.1 Å². The molecule has 1 aromatic carbocycles. The van der Waals surface area contributed by atoms with Gasteiger partial charge in [0.25, 0.3) is 5.56 Å². The highest BCUT2D eigenvalue weighted by molar-refractivity contribution is 6.05. The average Bonchev–Trinajstić information content (AvgIpc) is 2.47. The van der Waals surface area contributed by atoms with E-state index in [2.05, 4.69) is 0 Å². The second kappa shape index (κ2) is 5.87. The molecule has 21 heavy (non-hydrogen) atoms. The minimum atomic E-state index is -0.501. The standard InChI is InChI=1S/C15H17NO5/c1-5-21-15(18)13-9(2)16(20-4)14(17)11-7-6-10(19-3)8-12(11)13/h6-8H,5H2,1-4H3. The normalized spacial score (nSPS) is 10.5. The van der Waals surface area contributed by atoms with Crippen LogP contribution in [0.4, 0.5) is 0 Å². The molecule has 1 heterocycles. The Morgan fingerprint density at radius 3 is 2.52 bits per heavy atom. The molecule has 0 atom stereocenters. The number of carbonyl (C=O) groups is 1. The molecule has 0 bridgehead atoms. The molecule has 0 N–H and O–H groups in total. The van der Waals surface area contributed by atoms with Crippen LogP contribution in [0.25, 0.3) is 10.8 Å². The lowest BCUT2D eigenvalue weighted by Gasteiger charge is -2.15. The van der Waals surface area contributed by atoms with Crippen molar-refractivity contribution in [2.24, 2.45) is 0 Å². The summed E-state index contributed by atoms with van der Waals surface area (Å²) in [4.78, 5) is 29.7. The van der Waals surface area contributed by atoms with Crippen LogP contribution in [0.1, 0.15) is 23.0 Å². The van der Waals surface area contributed by atoms with Crippen molar-refractivity contribution in [1.82, 2.24) is 4.73 Å². The third kappa shape index (κ3) is 2.44. The van der Waals surface area contributed by atoms with Crippen molar-refractivity contribution in [2.45, 2.75) is 13.8 Å². The maximum atomic E-state index is 12.4. The Bertz CT molecular complexity index is 748. The molecule has 0 amide bonds. The highest BCUT2D eigenvalue weighted by atomic mass is 16.6. The third-order valence-corrected chi connectivity index (χ3v) is 3.24. The van der Waals surface area contributed by atoms with Gasteiger partial charge in [-0.1, -0.05) is 0 Å². The summed E-state index contributed by atoms with van der Waals surface area (Å²) in [5.41, 5.74) is 0.356. The Morgan fingerprint density at radius 1 is 1.24 bits per heavy atom. The fourth-order valence-corrected chi connectivity index (χ4v) is 2.28. The highest BCUT2D eigenvalue weighted by Crippen LogP contribution is 2.24. The second-order valence-corrected chi connectivity index (χ2v) is 4.37. The van der Waals surface area contributed by atoms with Crippen LogP contribution in [-0.4, -0.2) is 31.5 Å². The number of rotatable bonds is 4. The number of pyridine rings is 1. The van der Waals surface area contributed by atoms with E-state index in [0.717, 1.165) is 4.73 Å². The zero-order chi connectivity index (χ0) is 15.6. The van der Waals surface area contributed by atoms with Gasteiger partial charge >= 0.3 is 5.97 Å². The van der Waals surface area contributed by atoms with Crippen LogP contribution in [-0.2, 0) is 4.74 Å². The molecule has 1 aromatic heterocycles. The Morgan fingerprint density at radius 2 is 1.95 bits per heavy atom. The lowest BCUT2D eigenvalue weighted by Crippen LogP contribution is -2.29. The van der Waals surface area contributed by atoms with E-state index in [-0.39, 0.29) is 12.2 Å². The van der Waals surface area contributed by atoms with E-state index in [4.69, 9.17) is 14.3 Å². The van der Waals surface area contributed by atoms with Crippen molar-refractivity contribution < 1.29 is 19.1 Å². The predicted molar refractivity (Wildman–Crippen MR) is 78.0 cm³/mol. The maximum absolute atomic E-state index is 12.4. The number of ether oxygens (including phenoxy) is 2. The molecule has 0 radical (unpaired) electrons. The molecule has 0 fully saturated rings. The van der Waals surface area contributed by atoms with E-state index < -0.39 is 5.97 Å². The van der Waals surface area contributed by atoms with Gasteiger partial charge in [0, 0.05) is 5.39 Å². The predicted octanol–water partition coefficient (Wildman–Crippen LogP) is 1.55. The minimum Gasteiger partial charge on any atom is -0.497 e. The Hall–Kier alpha value is -2.50. The zero-order valence-electron chi connectivity index (χ0n) is 12.4. The first kappa shape index (κ1) is 14.9. The van der Waals surface area contributed by atoms with E-state index >= 15 is 0 Å². The van der Waals surface area contributed by atoms with E-state index in [0.29, 0.717) is 27.8 Å². The van der Waals surface area contributed by atoms with Crippen molar-refractivity contribution in [3.8, 4) is 5.75 Å². The number of hydrogen-bond donors (Lipinski definition) is 0. The number of esters is 1. The van der Waals surface area contributed by atoms with Gasteiger partial charge in [0.1, 0.15) is 12.9 Å². The fraction of sp³-hybridized carbons (Fsp3) is 0.333. The van der Waals surface area contributed by atoms with Crippen LogP contribution in [0, 0.1) is 6.92 Å². The Labute approximate surface area is 121 Å². The number of fused-ring (bicyclic) bond motifs is 1. The molecule has 0 unspecified atom stereocenters. The summed E-state index contributed by atoms with van der Waals surface area (Å²) in [6.45, 7) is 3.61. The zero-order valence-corrected chi connectivity index (χ0v) is 12.4. The molecule has 2 rings (SSSR count). The van der Waals surface area contributed by atoms with Crippen LogP contribution in [0.5, 0.6) is 5.75 Å². The Balaban J connectivity index is 2.90. The molecule has 0 spiro atoms. The average molecular weight is 291 g/mol. The molecule has 0 saturated carbocycles. The lowest BCUT2D eigenvalue weighted by atomic mass is 10.0. The SMILES string of the molecule is CCOC(=O)c1c(C)n(OC)c(=O)c2ccc(OC)cc12. The molecular formula is C15H17NO5. The van der Waals surface area contributed by atoms with Gasteiger partial charge in [-0.25, -0.2) is 4.79 Å². The van der Waals surface area contributed by atoms with Gasteiger partial charge < -0.3 is 14.3 Å². The number of benzene rings is 1. The summed E-state index contributed by atoms with van der Waals surface area (Å²) in [5.74, 6) is 0.0565. The topological polar surface area (TPSA) is 66.8 Å². The summed E-state index contributed by atoms with van der Waals surface area (Å²) >= 11 is 0. The number of carbonyl (C=O) groups excluding carboxylic acids is 1. The molecule has 6 nitrogen and oxygen atoms in total. The first-order valence-electron chi connectivity index (χ1n) is 6.50. The van der Waals surface area contributed by atoms with Crippen molar-refractivity contribution >= 4 is 16.7 Å². The lowest BCUT2D eigenvalue weighted by molar-refractivity contribution is 0.0521. The van der Waals surface area contributed by atoms with Crippen LogP contribution >= 0.6 is 0 Å². The van der Waals surface area contributed by atoms with Crippen molar-refractivity contribution in [2.75, 3.05) is 20.8 Å². The molecule has 112 valence electrons. The van der Waals surface area contributed by atoms with Gasteiger partial charge in [-0.15, -0.1) is 4.73 Å². The first-order chi connectivity index (χ1) is 10.0. The Kier molecular flexibility index (Phi) is 4.16. The number of methoxy groups -OCH3 is 1. The third-order valence-electron chi connectivity index (χ3n) is 3.24. The first-order valence-corrected chi connectivity index (χ1v) is 6.50. The molecule has 6 heteroatoms. The molecule has 0 saturated heterocycles. The summed E-state index contributed by atoms with van der Waals surface area (Å²) in [6, 6.07) is 4.91. The summed E-state index contributed by atoms with van der Waals surface area (Å²) in [6.07, 6.45) is 0. The van der Waals surface area contributed by atoms with Crippen LogP contribution in [0.3, 0.4) is 0 Å². The molecular weight excluding hydrogens is 274 g/mol. The van der Waals surface area contributed by atoms with Gasteiger partial charge in [-0.05, 0) is 32.0 Å². The second-order valence-electron chi connectivity index (χ2n) is 4.37. The largest absolute Gasteiger partial charge is 0.497 e. The monoisotopic (exact) mass is 291 g/mol. The van der Waals surface area contributed by atoms with Gasteiger partial charge in [0.05, 0.1) is 30.4 Å². The number of hydrogen-bond acceptors (Lipinski definition) is 5. The van der Waals surface area contributed by atoms with Gasteiger partial charge in [-0.3, -0.25) is 4.79 Å². The quantitative estimate of drug-likeness (QED) is 0.800. The summed E-state index contributed by atoms with van der Waals surface area (Å²) < 4.78 is 11.3. The fourth-order valence-electron chi connectivity index (χ4n) is 2.28. The van der Waals surface area contributed by atoms with E-state index in [1.165, 1.54) is 14.2 Å². The van der Waals surface area contributed by atoms with E-state index in [1.54, 1.807) is 32.0 Å². The minimum absolute atomic E-state index is 0.246. The maximum Gasteiger partial charge on any atom is 0.340 e. The van der Waals surface area contributed by atoms with Crippen LogP contribution in [0.2, 0.25) is 0 Å². The summed E-state index contributed by atoms with van der Waals surface area (Å²) in [5, 5.41) is 0.856. The molecule has 0 aliphatic carbocycles. The van der Waals surface area contributed by atoms with Crippen molar-refractivity contribution in [3.63, 3.8) is 0 Å². The molecule has 2 aromatic rings. The van der Waals surface area contributed by atoms with Crippen molar-refractivity contribution in [3.05, 3.63) is 39.8 Å². The van der Waals surface area contributed by atoms with Gasteiger partial charge in [0.15, 0.2) is 0 Å². The number of nitrogens with zero attached hydrogens (tertiary/aromatic N) is 1.